The van der Waals surface area contributed by atoms with E-state index in [1.165, 1.54) is 11.1 Å². The average Bonchev–Trinajstić information content (AvgIpc) is 2.86. The summed E-state index contributed by atoms with van der Waals surface area (Å²) in [5.74, 6) is 0.701. The molecule has 0 aliphatic carbocycles. The molecule has 2 saturated heterocycles. The van der Waals surface area contributed by atoms with Crippen LogP contribution in [0.4, 0.5) is 0 Å². The lowest BCUT2D eigenvalue weighted by Gasteiger charge is -2.32. The zero-order chi connectivity index (χ0) is 24.2. The molecule has 2 aliphatic rings. The molecule has 0 saturated carbocycles. The fraction of sp³-hybridized carbons (Fsp3) is 0.714. The number of carbonyl (C=O) groups excluding carboxylic acids is 2. The second-order valence-corrected chi connectivity index (χ2v) is 10.3. The normalized spacial score (nSPS) is 21.8. The summed E-state index contributed by atoms with van der Waals surface area (Å²) in [7, 11) is 0. The Balaban J connectivity index is 1.44. The zero-order valence-corrected chi connectivity index (χ0v) is 21.5. The van der Waals surface area contributed by atoms with Crippen LogP contribution in [0.25, 0.3) is 0 Å². The summed E-state index contributed by atoms with van der Waals surface area (Å²) in [5.41, 5.74) is 2.62. The number of benzene rings is 1. The summed E-state index contributed by atoms with van der Waals surface area (Å²) >= 11 is 0. The highest BCUT2D eigenvalue weighted by atomic mass is 16.2. The van der Waals surface area contributed by atoms with Crippen LogP contribution >= 0.6 is 0 Å². The first kappa shape index (κ1) is 26.7. The number of likely N-dealkylation sites (tertiary alicyclic amines) is 2. The zero-order valence-electron chi connectivity index (χ0n) is 21.5. The summed E-state index contributed by atoms with van der Waals surface area (Å²) < 4.78 is 0. The summed E-state index contributed by atoms with van der Waals surface area (Å²) in [6, 6.07) is 8.94. The molecular formula is C28H46N4O2. The van der Waals surface area contributed by atoms with E-state index in [1.54, 1.807) is 0 Å². The van der Waals surface area contributed by atoms with Gasteiger partial charge in [0.15, 0.2) is 0 Å². The van der Waals surface area contributed by atoms with Crippen LogP contribution in [0.15, 0.2) is 24.3 Å². The third-order valence-corrected chi connectivity index (χ3v) is 7.25. The molecule has 34 heavy (non-hydrogen) atoms. The Morgan fingerprint density at radius 3 is 1.56 bits per heavy atom. The molecule has 0 aromatic heterocycles. The van der Waals surface area contributed by atoms with Crippen molar-refractivity contribution >= 4 is 11.8 Å². The van der Waals surface area contributed by atoms with Crippen molar-refractivity contribution in [2.75, 3.05) is 39.3 Å². The van der Waals surface area contributed by atoms with E-state index in [0.29, 0.717) is 0 Å². The predicted molar refractivity (Wildman–Crippen MR) is 138 cm³/mol. The number of nitrogens with one attached hydrogen (secondary N) is 2. The Hall–Kier alpha value is -1.92. The molecular weight excluding hydrogens is 424 g/mol. The van der Waals surface area contributed by atoms with E-state index in [2.05, 4.69) is 58.5 Å². The van der Waals surface area contributed by atoms with Crippen molar-refractivity contribution in [3.63, 3.8) is 0 Å². The molecule has 3 rings (SSSR count). The number of carbonyl (C=O) groups is 2. The maximum absolute atomic E-state index is 12.5. The monoisotopic (exact) mass is 470 g/mol. The van der Waals surface area contributed by atoms with Gasteiger partial charge in [-0.15, -0.1) is 0 Å². The van der Waals surface area contributed by atoms with Gasteiger partial charge in [0.2, 0.25) is 11.8 Å². The quantitative estimate of drug-likeness (QED) is 0.454. The van der Waals surface area contributed by atoms with Crippen molar-refractivity contribution in [3.8, 4) is 0 Å². The standard InChI is InChI=1S/C28H46N4O2/c1-3-5-15-29-27(33)25-9-7-17-31(21-25)19-23-11-13-24(14-12-23)20-32-18-8-10-26(22-32)28(34)30-16-6-4-2/h11-14,25-26H,3-10,15-22H2,1-2H3,(H,29,33)(H,30,34). The summed E-state index contributed by atoms with van der Waals surface area (Å²) in [6.07, 6.45) is 8.51. The molecule has 2 amide bonds. The molecule has 190 valence electrons. The van der Waals surface area contributed by atoms with Crippen LogP contribution in [0.2, 0.25) is 0 Å². The van der Waals surface area contributed by atoms with Gasteiger partial charge in [0.1, 0.15) is 0 Å². The Morgan fingerprint density at radius 1 is 0.765 bits per heavy atom. The van der Waals surface area contributed by atoms with Crippen LogP contribution in [-0.4, -0.2) is 60.9 Å². The highest BCUT2D eigenvalue weighted by Crippen LogP contribution is 2.21. The van der Waals surface area contributed by atoms with E-state index < -0.39 is 0 Å². The molecule has 0 bridgehead atoms. The molecule has 2 fully saturated rings. The number of amides is 2. The number of hydrogen-bond acceptors (Lipinski definition) is 4. The molecule has 2 unspecified atom stereocenters. The maximum Gasteiger partial charge on any atom is 0.224 e. The molecule has 1 aromatic carbocycles. The minimum absolute atomic E-state index is 0.121. The van der Waals surface area contributed by atoms with Crippen molar-refractivity contribution < 1.29 is 9.59 Å². The summed E-state index contributed by atoms with van der Waals surface area (Å²) in [6.45, 7) is 11.6. The minimum atomic E-state index is 0.121. The van der Waals surface area contributed by atoms with Crippen LogP contribution in [0, 0.1) is 11.8 Å². The van der Waals surface area contributed by atoms with Crippen molar-refractivity contribution in [1.82, 2.24) is 20.4 Å². The number of piperidine rings is 2. The van der Waals surface area contributed by atoms with Crippen molar-refractivity contribution in [3.05, 3.63) is 35.4 Å². The Bertz CT molecular complexity index is 688. The smallest absolute Gasteiger partial charge is 0.224 e. The molecule has 2 aliphatic heterocycles. The van der Waals surface area contributed by atoms with Crippen molar-refractivity contribution in [1.29, 1.82) is 0 Å². The van der Waals surface area contributed by atoms with Crippen LogP contribution in [0.1, 0.15) is 76.3 Å². The van der Waals surface area contributed by atoms with Gasteiger partial charge in [0.05, 0.1) is 11.8 Å². The SMILES string of the molecule is CCCCNC(=O)C1CCCN(Cc2ccc(CN3CCCC(C(=O)NCCCC)C3)cc2)C1. The summed E-state index contributed by atoms with van der Waals surface area (Å²) in [5, 5.41) is 6.22. The maximum atomic E-state index is 12.5. The van der Waals surface area contributed by atoms with Crippen LogP contribution in [0.5, 0.6) is 0 Å². The fourth-order valence-corrected chi connectivity index (χ4v) is 5.16. The number of rotatable bonds is 12. The molecule has 2 heterocycles. The first-order valence-corrected chi connectivity index (χ1v) is 13.7. The minimum Gasteiger partial charge on any atom is -0.356 e. The van der Waals surface area contributed by atoms with Gasteiger partial charge < -0.3 is 10.6 Å². The van der Waals surface area contributed by atoms with Crippen molar-refractivity contribution in [2.45, 2.75) is 78.3 Å². The first-order chi connectivity index (χ1) is 16.6. The Labute approximate surface area is 206 Å². The predicted octanol–water partition coefficient (Wildman–Crippen LogP) is 3.94. The van der Waals surface area contributed by atoms with Gasteiger partial charge in [-0.1, -0.05) is 51.0 Å². The lowest BCUT2D eigenvalue weighted by molar-refractivity contribution is -0.127. The average molecular weight is 471 g/mol. The number of unbranched alkanes of at least 4 members (excludes halogenated alkanes) is 2. The van der Waals surface area contributed by atoms with Gasteiger partial charge in [-0.25, -0.2) is 0 Å². The fourth-order valence-electron chi connectivity index (χ4n) is 5.16. The molecule has 2 atom stereocenters. The van der Waals surface area contributed by atoms with Gasteiger partial charge in [0, 0.05) is 39.3 Å². The Kier molecular flexibility index (Phi) is 11.4. The summed E-state index contributed by atoms with van der Waals surface area (Å²) in [4.78, 5) is 29.8. The van der Waals surface area contributed by atoms with Gasteiger partial charge in [-0.05, 0) is 62.7 Å². The third-order valence-electron chi connectivity index (χ3n) is 7.25. The topological polar surface area (TPSA) is 64.7 Å². The van der Waals surface area contributed by atoms with Crippen LogP contribution in [0.3, 0.4) is 0 Å². The number of hydrogen-bond donors (Lipinski definition) is 2. The first-order valence-electron chi connectivity index (χ1n) is 13.7. The van der Waals surface area contributed by atoms with Gasteiger partial charge >= 0.3 is 0 Å². The molecule has 2 N–H and O–H groups in total. The largest absolute Gasteiger partial charge is 0.356 e. The van der Waals surface area contributed by atoms with Crippen molar-refractivity contribution in [2.24, 2.45) is 11.8 Å². The molecule has 6 nitrogen and oxygen atoms in total. The van der Waals surface area contributed by atoms with Crippen LogP contribution < -0.4 is 10.6 Å². The van der Waals surface area contributed by atoms with Gasteiger partial charge in [-0.3, -0.25) is 19.4 Å². The van der Waals surface area contributed by atoms with E-state index in [4.69, 9.17) is 0 Å². The molecule has 6 heteroatoms. The van der Waals surface area contributed by atoms with E-state index >= 15 is 0 Å². The molecule has 0 radical (unpaired) electrons. The second-order valence-electron chi connectivity index (χ2n) is 10.3. The molecule has 0 spiro atoms. The Morgan fingerprint density at radius 2 is 1.18 bits per heavy atom. The lowest BCUT2D eigenvalue weighted by atomic mass is 9.96. The molecule has 1 aromatic rings. The van der Waals surface area contributed by atoms with E-state index in [-0.39, 0.29) is 23.7 Å². The number of nitrogens with zero attached hydrogens (tertiary/aromatic N) is 2. The second kappa shape index (κ2) is 14.5. The van der Waals surface area contributed by atoms with E-state index in [9.17, 15) is 9.59 Å². The highest BCUT2D eigenvalue weighted by molar-refractivity contribution is 5.79. The lowest BCUT2D eigenvalue weighted by Crippen LogP contribution is -2.43. The third kappa shape index (κ3) is 8.70. The highest BCUT2D eigenvalue weighted by Gasteiger charge is 2.26. The van der Waals surface area contributed by atoms with E-state index in [1.807, 2.05) is 0 Å². The van der Waals surface area contributed by atoms with Gasteiger partial charge in [0.25, 0.3) is 0 Å². The van der Waals surface area contributed by atoms with Crippen LogP contribution in [-0.2, 0) is 22.7 Å². The van der Waals surface area contributed by atoms with Gasteiger partial charge in [-0.2, -0.15) is 0 Å². The van der Waals surface area contributed by atoms with E-state index in [0.717, 1.165) is 104 Å².